The highest BCUT2D eigenvalue weighted by Crippen LogP contribution is 2.65. The Bertz CT molecular complexity index is 347. The Labute approximate surface area is 134 Å². The number of hydrogen-bond acceptors (Lipinski definition) is 0. The molecule has 21 heavy (non-hydrogen) atoms. The van der Waals surface area contributed by atoms with Crippen LogP contribution in [0.5, 0.6) is 0 Å². The van der Waals surface area contributed by atoms with E-state index < -0.39 is 0 Å². The van der Waals surface area contributed by atoms with Gasteiger partial charge >= 0.3 is 0 Å². The van der Waals surface area contributed by atoms with Crippen molar-refractivity contribution in [3.63, 3.8) is 0 Å². The van der Waals surface area contributed by atoms with Crippen LogP contribution in [-0.2, 0) is 0 Å². The molecule has 0 N–H and O–H groups in total. The molecule has 0 spiro atoms. The van der Waals surface area contributed by atoms with E-state index in [1.807, 2.05) is 0 Å². The normalized spacial score (nSPS) is 38.3. The molecule has 2 saturated carbocycles. The standard InChI is InChI=1S/C21H40/c1-8-16(9-2)15-18-20(5,6)14-11-17-19(3,4)12-10-13-21(17,18)7/h16-18H,8-15H2,1-7H3. The van der Waals surface area contributed by atoms with Crippen LogP contribution in [0.15, 0.2) is 0 Å². The van der Waals surface area contributed by atoms with Gasteiger partial charge in [-0.3, -0.25) is 0 Å². The zero-order valence-corrected chi connectivity index (χ0v) is 15.9. The number of rotatable bonds is 4. The molecular weight excluding hydrogens is 252 g/mol. The Morgan fingerprint density at radius 2 is 1.48 bits per heavy atom. The van der Waals surface area contributed by atoms with Gasteiger partial charge in [-0.05, 0) is 66.1 Å². The lowest BCUT2D eigenvalue weighted by Crippen LogP contribution is -2.54. The van der Waals surface area contributed by atoms with Gasteiger partial charge in [0.1, 0.15) is 0 Å². The van der Waals surface area contributed by atoms with E-state index in [-0.39, 0.29) is 0 Å². The number of hydrogen-bond donors (Lipinski definition) is 0. The maximum Gasteiger partial charge on any atom is -0.0259 e. The molecule has 0 radical (unpaired) electrons. The first-order valence-electron chi connectivity index (χ1n) is 9.67. The first-order chi connectivity index (χ1) is 9.67. The van der Waals surface area contributed by atoms with Crippen molar-refractivity contribution in [3.8, 4) is 0 Å². The van der Waals surface area contributed by atoms with E-state index in [1.165, 1.54) is 51.4 Å². The third-order valence-electron chi connectivity index (χ3n) is 7.82. The SMILES string of the molecule is CCC(CC)CC1C(C)(C)CCC2C(C)(C)CCCC21C. The van der Waals surface area contributed by atoms with Crippen molar-refractivity contribution in [3.05, 3.63) is 0 Å². The van der Waals surface area contributed by atoms with Gasteiger partial charge in [0.15, 0.2) is 0 Å². The van der Waals surface area contributed by atoms with Crippen molar-refractivity contribution in [1.82, 2.24) is 0 Å². The van der Waals surface area contributed by atoms with Gasteiger partial charge in [0.25, 0.3) is 0 Å². The fourth-order valence-corrected chi connectivity index (χ4v) is 6.43. The molecule has 0 aromatic rings. The van der Waals surface area contributed by atoms with Gasteiger partial charge in [-0.2, -0.15) is 0 Å². The van der Waals surface area contributed by atoms with Crippen LogP contribution < -0.4 is 0 Å². The summed E-state index contributed by atoms with van der Waals surface area (Å²) in [5.74, 6) is 2.81. The summed E-state index contributed by atoms with van der Waals surface area (Å²) in [4.78, 5) is 0. The second-order valence-electron chi connectivity index (χ2n) is 9.90. The molecule has 2 fully saturated rings. The molecule has 2 aliphatic rings. The van der Waals surface area contributed by atoms with Crippen LogP contribution in [0.3, 0.4) is 0 Å². The zero-order chi connectivity index (χ0) is 15.9. The van der Waals surface area contributed by atoms with Crippen molar-refractivity contribution in [2.45, 2.75) is 99.8 Å². The Balaban J connectivity index is 2.32. The summed E-state index contributed by atoms with van der Waals surface area (Å²) in [7, 11) is 0. The molecule has 2 aliphatic carbocycles. The maximum absolute atomic E-state index is 2.67. The molecule has 0 heteroatoms. The van der Waals surface area contributed by atoms with Crippen LogP contribution >= 0.6 is 0 Å². The van der Waals surface area contributed by atoms with Gasteiger partial charge in [0, 0.05) is 0 Å². The smallest absolute Gasteiger partial charge is 0.0259 e. The topological polar surface area (TPSA) is 0 Å². The molecule has 0 aromatic heterocycles. The first-order valence-corrected chi connectivity index (χ1v) is 9.67. The molecule has 0 amide bonds. The highest BCUT2D eigenvalue weighted by molar-refractivity contribution is 5.06. The Kier molecular flexibility index (Phi) is 4.87. The minimum atomic E-state index is 0.543. The van der Waals surface area contributed by atoms with E-state index in [2.05, 4.69) is 48.5 Å². The summed E-state index contributed by atoms with van der Waals surface area (Å²) >= 11 is 0. The minimum Gasteiger partial charge on any atom is -0.0651 e. The van der Waals surface area contributed by atoms with Crippen LogP contribution in [0.2, 0.25) is 0 Å². The van der Waals surface area contributed by atoms with E-state index in [1.54, 1.807) is 0 Å². The van der Waals surface area contributed by atoms with Crippen LogP contribution in [0.25, 0.3) is 0 Å². The van der Waals surface area contributed by atoms with Crippen LogP contribution in [0, 0.1) is 34.0 Å². The Morgan fingerprint density at radius 1 is 0.857 bits per heavy atom. The predicted molar refractivity (Wildman–Crippen MR) is 94.4 cm³/mol. The molecule has 2 rings (SSSR count). The van der Waals surface area contributed by atoms with Crippen molar-refractivity contribution in [1.29, 1.82) is 0 Å². The average Bonchev–Trinajstić information content (AvgIpc) is 2.37. The second-order valence-corrected chi connectivity index (χ2v) is 9.90. The van der Waals surface area contributed by atoms with E-state index in [0.717, 1.165) is 17.8 Å². The molecule has 0 bridgehead atoms. The third kappa shape index (κ3) is 3.06. The second kappa shape index (κ2) is 5.89. The molecule has 0 saturated heterocycles. The third-order valence-corrected chi connectivity index (χ3v) is 7.82. The zero-order valence-electron chi connectivity index (χ0n) is 15.9. The van der Waals surface area contributed by atoms with E-state index in [9.17, 15) is 0 Å². The molecule has 0 heterocycles. The monoisotopic (exact) mass is 292 g/mol. The van der Waals surface area contributed by atoms with Gasteiger partial charge in [0.05, 0.1) is 0 Å². The van der Waals surface area contributed by atoms with Crippen molar-refractivity contribution in [2.75, 3.05) is 0 Å². The summed E-state index contributed by atoms with van der Waals surface area (Å²) in [5, 5.41) is 0. The van der Waals surface area contributed by atoms with Gasteiger partial charge in [0.2, 0.25) is 0 Å². The fraction of sp³-hybridized carbons (Fsp3) is 1.00. The van der Waals surface area contributed by atoms with Crippen molar-refractivity contribution >= 4 is 0 Å². The molecule has 0 aliphatic heterocycles. The van der Waals surface area contributed by atoms with Gasteiger partial charge < -0.3 is 0 Å². The van der Waals surface area contributed by atoms with Gasteiger partial charge in [-0.25, -0.2) is 0 Å². The molecule has 3 unspecified atom stereocenters. The van der Waals surface area contributed by atoms with E-state index in [4.69, 9.17) is 0 Å². The highest BCUT2D eigenvalue weighted by atomic mass is 14.6. The van der Waals surface area contributed by atoms with Crippen LogP contribution in [0.1, 0.15) is 99.8 Å². The molecular formula is C21H40. The molecule has 0 aromatic carbocycles. The highest BCUT2D eigenvalue weighted by Gasteiger charge is 2.56. The van der Waals surface area contributed by atoms with Crippen LogP contribution in [-0.4, -0.2) is 0 Å². The van der Waals surface area contributed by atoms with Gasteiger partial charge in [-0.1, -0.05) is 67.7 Å². The Morgan fingerprint density at radius 3 is 2.05 bits per heavy atom. The predicted octanol–water partition coefficient (Wildman–Crippen LogP) is 7.08. The minimum absolute atomic E-state index is 0.543. The van der Waals surface area contributed by atoms with Crippen LogP contribution in [0.4, 0.5) is 0 Å². The lowest BCUT2D eigenvalue weighted by atomic mass is 9.43. The summed E-state index contributed by atoms with van der Waals surface area (Å²) in [6.07, 6.45) is 11.5. The summed E-state index contributed by atoms with van der Waals surface area (Å²) in [5.41, 5.74) is 1.70. The largest absolute Gasteiger partial charge is 0.0651 e. The summed E-state index contributed by atoms with van der Waals surface area (Å²) < 4.78 is 0. The molecule has 124 valence electrons. The number of fused-ring (bicyclic) bond motifs is 1. The Hall–Kier alpha value is 0. The first kappa shape index (κ1) is 17.4. The van der Waals surface area contributed by atoms with Crippen molar-refractivity contribution in [2.24, 2.45) is 34.0 Å². The summed E-state index contributed by atoms with van der Waals surface area (Å²) in [6.45, 7) is 17.7. The molecule has 3 atom stereocenters. The van der Waals surface area contributed by atoms with E-state index >= 15 is 0 Å². The summed E-state index contributed by atoms with van der Waals surface area (Å²) in [6, 6.07) is 0. The lowest BCUT2D eigenvalue weighted by molar-refractivity contribution is -0.130. The maximum atomic E-state index is 2.67. The van der Waals surface area contributed by atoms with Gasteiger partial charge in [-0.15, -0.1) is 0 Å². The fourth-order valence-electron chi connectivity index (χ4n) is 6.43. The van der Waals surface area contributed by atoms with Crippen molar-refractivity contribution < 1.29 is 0 Å². The lowest BCUT2D eigenvalue weighted by Gasteiger charge is -2.62. The molecule has 0 nitrogen and oxygen atoms in total. The quantitative estimate of drug-likeness (QED) is 0.519. The van der Waals surface area contributed by atoms with E-state index in [0.29, 0.717) is 16.2 Å². The average molecular weight is 293 g/mol.